The summed E-state index contributed by atoms with van der Waals surface area (Å²) in [5.74, 6) is -1.63. The summed E-state index contributed by atoms with van der Waals surface area (Å²) in [5.41, 5.74) is 0. The fourth-order valence-electron chi connectivity index (χ4n) is 1.90. The van der Waals surface area contributed by atoms with Crippen molar-refractivity contribution in [2.75, 3.05) is 18.6 Å². The highest BCUT2D eigenvalue weighted by atomic mass is 32.2. The monoisotopic (exact) mass is 263 g/mol. The SMILES string of the molecule is CS(=O)(=O)CCC(=O)N1CCCC[C@H]1C(=O)O. The van der Waals surface area contributed by atoms with E-state index in [2.05, 4.69) is 0 Å². The summed E-state index contributed by atoms with van der Waals surface area (Å²) < 4.78 is 21.9. The van der Waals surface area contributed by atoms with E-state index in [1.165, 1.54) is 4.90 Å². The van der Waals surface area contributed by atoms with Crippen LogP contribution in [0.2, 0.25) is 0 Å². The van der Waals surface area contributed by atoms with E-state index in [-0.39, 0.29) is 18.1 Å². The summed E-state index contributed by atoms with van der Waals surface area (Å²) >= 11 is 0. The summed E-state index contributed by atoms with van der Waals surface area (Å²) in [7, 11) is -3.19. The van der Waals surface area contributed by atoms with E-state index in [0.717, 1.165) is 19.1 Å². The van der Waals surface area contributed by atoms with Gasteiger partial charge in [-0.2, -0.15) is 0 Å². The number of rotatable bonds is 4. The second-order valence-electron chi connectivity index (χ2n) is 4.32. The van der Waals surface area contributed by atoms with E-state index in [0.29, 0.717) is 13.0 Å². The van der Waals surface area contributed by atoms with Gasteiger partial charge in [0.05, 0.1) is 5.75 Å². The smallest absolute Gasteiger partial charge is 0.326 e. The quantitative estimate of drug-likeness (QED) is 0.764. The zero-order valence-electron chi connectivity index (χ0n) is 9.76. The molecule has 1 aliphatic rings. The third kappa shape index (κ3) is 4.33. The van der Waals surface area contributed by atoms with Crippen LogP contribution in [-0.2, 0) is 19.4 Å². The number of hydrogen-bond donors (Lipinski definition) is 1. The predicted octanol–water partition coefficient (Wildman–Crippen LogP) is -0.113. The van der Waals surface area contributed by atoms with Crippen LogP contribution in [0.1, 0.15) is 25.7 Å². The minimum atomic E-state index is -3.19. The number of carbonyl (C=O) groups is 2. The lowest BCUT2D eigenvalue weighted by Crippen LogP contribution is -2.48. The number of piperidine rings is 1. The molecule has 7 heteroatoms. The third-order valence-corrected chi connectivity index (χ3v) is 3.74. The second-order valence-corrected chi connectivity index (χ2v) is 6.58. The van der Waals surface area contributed by atoms with Crippen LogP contribution in [0, 0.1) is 0 Å². The first-order chi connectivity index (χ1) is 7.81. The molecule has 1 rings (SSSR count). The zero-order valence-corrected chi connectivity index (χ0v) is 10.6. The summed E-state index contributed by atoms with van der Waals surface area (Å²) in [6.07, 6.45) is 2.93. The summed E-state index contributed by atoms with van der Waals surface area (Å²) in [5, 5.41) is 8.97. The van der Waals surface area contributed by atoms with Crippen molar-refractivity contribution in [1.29, 1.82) is 0 Å². The van der Waals surface area contributed by atoms with Crippen molar-refractivity contribution in [2.45, 2.75) is 31.7 Å². The molecule has 0 spiro atoms. The van der Waals surface area contributed by atoms with Gasteiger partial charge < -0.3 is 10.0 Å². The number of carboxylic acids is 1. The predicted molar refractivity (Wildman–Crippen MR) is 61.3 cm³/mol. The molecule has 98 valence electrons. The Morgan fingerprint density at radius 3 is 2.53 bits per heavy atom. The van der Waals surface area contributed by atoms with Gasteiger partial charge in [-0.3, -0.25) is 4.79 Å². The number of carboxylic acid groups (broad SMARTS) is 1. The lowest BCUT2D eigenvalue weighted by Gasteiger charge is -2.32. The van der Waals surface area contributed by atoms with Gasteiger partial charge in [0.15, 0.2) is 0 Å². The topological polar surface area (TPSA) is 91.8 Å². The first kappa shape index (κ1) is 14.0. The molecule has 0 aromatic heterocycles. The Kier molecular flexibility index (Phi) is 4.50. The van der Waals surface area contributed by atoms with Crippen LogP contribution in [0.15, 0.2) is 0 Å². The van der Waals surface area contributed by atoms with Crippen molar-refractivity contribution in [2.24, 2.45) is 0 Å². The van der Waals surface area contributed by atoms with E-state index in [1.807, 2.05) is 0 Å². The summed E-state index contributed by atoms with van der Waals surface area (Å²) in [4.78, 5) is 24.0. The van der Waals surface area contributed by atoms with Crippen LogP contribution in [-0.4, -0.2) is 54.9 Å². The lowest BCUT2D eigenvalue weighted by atomic mass is 10.0. The molecule has 1 saturated heterocycles. The molecule has 0 unspecified atom stereocenters. The van der Waals surface area contributed by atoms with Crippen LogP contribution < -0.4 is 0 Å². The molecule has 1 heterocycles. The zero-order chi connectivity index (χ0) is 13.1. The standard InChI is InChI=1S/C10H17NO5S/c1-17(15,16)7-5-9(12)11-6-3-2-4-8(11)10(13)14/h8H,2-7H2,1H3,(H,13,14)/t8-/m0/s1. The highest BCUT2D eigenvalue weighted by Gasteiger charge is 2.31. The highest BCUT2D eigenvalue weighted by molar-refractivity contribution is 7.90. The molecule has 1 N–H and O–H groups in total. The van der Waals surface area contributed by atoms with Gasteiger partial charge in [0.1, 0.15) is 15.9 Å². The maximum atomic E-state index is 11.8. The van der Waals surface area contributed by atoms with E-state index in [4.69, 9.17) is 5.11 Å². The van der Waals surface area contributed by atoms with Crippen molar-refractivity contribution >= 4 is 21.7 Å². The maximum absolute atomic E-state index is 11.8. The Labute approximate surface area is 101 Å². The second kappa shape index (κ2) is 5.48. The maximum Gasteiger partial charge on any atom is 0.326 e. The first-order valence-electron chi connectivity index (χ1n) is 5.51. The number of hydrogen-bond acceptors (Lipinski definition) is 4. The largest absolute Gasteiger partial charge is 0.480 e. The van der Waals surface area contributed by atoms with Gasteiger partial charge in [0, 0.05) is 19.2 Å². The van der Waals surface area contributed by atoms with Crippen molar-refractivity contribution in [1.82, 2.24) is 4.90 Å². The fourth-order valence-corrected chi connectivity index (χ4v) is 2.45. The Balaban J connectivity index is 2.62. The summed E-state index contributed by atoms with van der Waals surface area (Å²) in [6, 6.07) is -0.796. The number of amides is 1. The van der Waals surface area contributed by atoms with Crippen LogP contribution in [0.25, 0.3) is 0 Å². The van der Waals surface area contributed by atoms with Gasteiger partial charge in [-0.1, -0.05) is 0 Å². The molecule has 0 radical (unpaired) electrons. The van der Waals surface area contributed by atoms with Gasteiger partial charge >= 0.3 is 5.97 Å². The number of aliphatic carboxylic acids is 1. The molecular weight excluding hydrogens is 246 g/mol. The Hall–Kier alpha value is -1.11. The van der Waals surface area contributed by atoms with Gasteiger partial charge in [0.2, 0.25) is 5.91 Å². The lowest BCUT2D eigenvalue weighted by molar-refractivity contribution is -0.151. The first-order valence-corrected chi connectivity index (χ1v) is 7.57. The molecule has 1 fully saturated rings. The molecule has 0 aromatic carbocycles. The number of sulfone groups is 1. The van der Waals surface area contributed by atoms with Gasteiger partial charge in [-0.05, 0) is 19.3 Å². The van der Waals surface area contributed by atoms with Crippen LogP contribution in [0.5, 0.6) is 0 Å². The number of carbonyl (C=O) groups excluding carboxylic acids is 1. The average Bonchev–Trinajstić information content (AvgIpc) is 2.25. The van der Waals surface area contributed by atoms with Crippen LogP contribution in [0.4, 0.5) is 0 Å². The molecule has 0 aromatic rings. The van der Waals surface area contributed by atoms with Crippen LogP contribution >= 0.6 is 0 Å². The Bertz CT molecular complexity index is 403. The molecule has 1 aliphatic heterocycles. The molecule has 0 aliphatic carbocycles. The molecule has 6 nitrogen and oxygen atoms in total. The van der Waals surface area contributed by atoms with Gasteiger partial charge in [-0.25, -0.2) is 13.2 Å². The van der Waals surface area contributed by atoms with Crippen LogP contribution in [0.3, 0.4) is 0 Å². The van der Waals surface area contributed by atoms with Crippen molar-refractivity contribution in [3.63, 3.8) is 0 Å². The summed E-state index contributed by atoms with van der Waals surface area (Å²) in [6.45, 7) is 0.402. The molecule has 1 amide bonds. The molecular formula is C10H17NO5S. The van der Waals surface area contributed by atoms with Crippen molar-refractivity contribution in [3.8, 4) is 0 Å². The highest BCUT2D eigenvalue weighted by Crippen LogP contribution is 2.18. The van der Waals surface area contributed by atoms with Crippen molar-refractivity contribution in [3.05, 3.63) is 0 Å². The fraction of sp³-hybridized carbons (Fsp3) is 0.800. The Morgan fingerprint density at radius 2 is 2.00 bits per heavy atom. The van der Waals surface area contributed by atoms with E-state index in [9.17, 15) is 18.0 Å². The Morgan fingerprint density at radius 1 is 1.35 bits per heavy atom. The minimum absolute atomic E-state index is 0.136. The van der Waals surface area contributed by atoms with Gasteiger partial charge in [-0.15, -0.1) is 0 Å². The third-order valence-electron chi connectivity index (χ3n) is 2.79. The molecule has 17 heavy (non-hydrogen) atoms. The minimum Gasteiger partial charge on any atom is -0.480 e. The number of likely N-dealkylation sites (tertiary alicyclic amines) is 1. The normalized spacial score (nSPS) is 21.2. The van der Waals surface area contributed by atoms with E-state index in [1.54, 1.807) is 0 Å². The number of nitrogens with zero attached hydrogens (tertiary/aromatic N) is 1. The van der Waals surface area contributed by atoms with E-state index >= 15 is 0 Å². The molecule has 1 atom stereocenters. The van der Waals surface area contributed by atoms with Crippen molar-refractivity contribution < 1.29 is 23.1 Å². The molecule has 0 saturated carbocycles. The van der Waals surface area contributed by atoms with Gasteiger partial charge in [0.25, 0.3) is 0 Å². The van der Waals surface area contributed by atoms with E-state index < -0.39 is 21.8 Å². The molecule has 0 bridgehead atoms. The average molecular weight is 263 g/mol.